The number of aryl methyl sites for hydroxylation is 1. The highest BCUT2D eigenvalue weighted by atomic mass is 127. The Bertz CT molecular complexity index is 792. The number of halogens is 2. The van der Waals surface area contributed by atoms with Gasteiger partial charge in [0.05, 0.1) is 0 Å². The summed E-state index contributed by atoms with van der Waals surface area (Å²) in [4.78, 5) is 16.1. The summed E-state index contributed by atoms with van der Waals surface area (Å²) in [6, 6.07) is 9.28. The van der Waals surface area contributed by atoms with Crippen LogP contribution in [0.1, 0.15) is 16.9 Å². The Morgan fingerprint density at radius 1 is 1.29 bits per heavy atom. The van der Waals surface area contributed by atoms with E-state index in [1.54, 1.807) is 18.2 Å². The first-order chi connectivity index (χ1) is 10.0. The Balaban J connectivity index is 1.95. The minimum atomic E-state index is -0.478. The molecule has 0 radical (unpaired) electrons. The number of ether oxygens (including phenoxy) is 1. The van der Waals surface area contributed by atoms with Gasteiger partial charge in [0.2, 0.25) is 5.90 Å². The topological polar surface area (TPSA) is 51.8 Å². The fourth-order valence-corrected chi connectivity index (χ4v) is 2.51. The van der Waals surface area contributed by atoms with Gasteiger partial charge >= 0.3 is 5.97 Å². The van der Waals surface area contributed by atoms with E-state index in [2.05, 4.69) is 43.5 Å². The first-order valence-electron chi connectivity index (χ1n) is 6.07. The molecule has 0 saturated carbocycles. The van der Waals surface area contributed by atoms with Crippen molar-refractivity contribution in [3.05, 3.63) is 61.2 Å². The maximum absolute atomic E-state index is 11.9. The van der Waals surface area contributed by atoms with Crippen LogP contribution in [0.3, 0.4) is 0 Å². The maximum atomic E-state index is 11.9. The van der Waals surface area contributed by atoms with Gasteiger partial charge in [-0.15, -0.1) is 0 Å². The fourth-order valence-electron chi connectivity index (χ4n) is 1.85. The molecule has 0 aliphatic carbocycles. The summed E-state index contributed by atoms with van der Waals surface area (Å²) >= 11 is 5.47. The van der Waals surface area contributed by atoms with Crippen molar-refractivity contribution in [2.75, 3.05) is 0 Å². The second-order valence-corrected chi connectivity index (χ2v) is 6.39. The summed E-state index contributed by atoms with van der Waals surface area (Å²) in [5.41, 5.74) is 2.12. The summed E-state index contributed by atoms with van der Waals surface area (Å²) < 4.78 is 12.3. The van der Waals surface area contributed by atoms with Crippen molar-refractivity contribution in [3.63, 3.8) is 0 Å². The van der Waals surface area contributed by atoms with E-state index in [1.165, 1.54) is 0 Å². The number of nitrogens with zero attached hydrogens (tertiary/aromatic N) is 1. The molecule has 21 heavy (non-hydrogen) atoms. The lowest BCUT2D eigenvalue weighted by molar-refractivity contribution is -0.129. The summed E-state index contributed by atoms with van der Waals surface area (Å²) in [6.07, 6.45) is 1.56. The predicted octanol–water partition coefficient (Wildman–Crippen LogP) is 4.30. The predicted molar refractivity (Wildman–Crippen MR) is 90.9 cm³/mol. The van der Waals surface area contributed by atoms with Crippen LogP contribution in [0.4, 0.5) is 0 Å². The van der Waals surface area contributed by atoms with Crippen molar-refractivity contribution in [2.45, 2.75) is 6.92 Å². The average Bonchev–Trinajstić information content (AvgIpc) is 3.00. The van der Waals surface area contributed by atoms with Gasteiger partial charge in [0, 0.05) is 15.2 Å². The first kappa shape index (κ1) is 14.5. The van der Waals surface area contributed by atoms with Gasteiger partial charge in [0.1, 0.15) is 5.76 Å². The van der Waals surface area contributed by atoms with Gasteiger partial charge in [-0.2, -0.15) is 0 Å². The van der Waals surface area contributed by atoms with Gasteiger partial charge in [-0.25, -0.2) is 9.79 Å². The third-order valence-corrected chi connectivity index (χ3v) is 4.53. The van der Waals surface area contributed by atoms with Crippen molar-refractivity contribution in [3.8, 4) is 0 Å². The molecule has 0 atom stereocenters. The molecular weight excluding hydrogens is 449 g/mol. The zero-order valence-electron chi connectivity index (χ0n) is 10.9. The number of aliphatic imine (C=N–C) groups is 1. The molecule has 0 unspecified atom stereocenters. The van der Waals surface area contributed by atoms with E-state index in [1.807, 2.05) is 25.1 Å². The molecular formula is C15H9BrINO3. The quantitative estimate of drug-likeness (QED) is 0.384. The molecule has 3 rings (SSSR count). The molecule has 1 aliphatic rings. The van der Waals surface area contributed by atoms with Crippen LogP contribution < -0.4 is 0 Å². The van der Waals surface area contributed by atoms with E-state index < -0.39 is 5.97 Å². The lowest BCUT2D eigenvalue weighted by Crippen LogP contribution is -2.05. The van der Waals surface area contributed by atoms with E-state index in [9.17, 15) is 4.79 Å². The molecule has 4 nitrogen and oxygen atoms in total. The molecule has 0 amide bonds. The third kappa shape index (κ3) is 3.11. The smallest absolute Gasteiger partial charge is 0.363 e. The number of cyclic esters (lactones) is 1. The van der Waals surface area contributed by atoms with Crippen LogP contribution in [-0.4, -0.2) is 11.9 Å². The normalized spacial score (nSPS) is 16.2. The minimum Gasteiger partial charge on any atom is -0.450 e. The molecule has 1 aromatic heterocycles. The van der Waals surface area contributed by atoms with Gasteiger partial charge in [-0.3, -0.25) is 0 Å². The molecule has 1 aliphatic heterocycles. The minimum absolute atomic E-state index is 0.225. The second kappa shape index (κ2) is 5.76. The van der Waals surface area contributed by atoms with Crippen molar-refractivity contribution in [2.24, 2.45) is 4.99 Å². The monoisotopic (exact) mass is 457 g/mol. The Hall–Kier alpha value is -1.41. The number of furan rings is 1. The molecule has 1 aromatic carbocycles. The number of hydrogen-bond donors (Lipinski definition) is 0. The van der Waals surface area contributed by atoms with E-state index in [0.29, 0.717) is 16.3 Å². The van der Waals surface area contributed by atoms with Crippen molar-refractivity contribution < 1.29 is 13.9 Å². The lowest BCUT2D eigenvalue weighted by Gasteiger charge is -2.02. The van der Waals surface area contributed by atoms with Crippen LogP contribution in [0.2, 0.25) is 0 Å². The number of rotatable bonds is 2. The van der Waals surface area contributed by atoms with E-state index in [-0.39, 0.29) is 5.70 Å². The van der Waals surface area contributed by atoms with E-state index in [4.69, 9.17) is 9.15 Å². The van der Waals surface area contributed by atoms with Crippen LogP contribution in [-0.2, 0) is 9.53 Å². The molecule has 0 bridgehead atoms. The molecule has 0 fully saturated rings. The van der Waals surface area contributed by atoms with Crippen molar-refractivity contribution >= 4 is 56.5 Å². The number of carbonyl (C=O) groups excluding carboxylic acids is 1. The SMILES string of the molecule is Cc1cc(C2=N/C(=C\c3ccc(Br)o3)C(=O)O2)ccc1I. The molecule has 0 spiro atoms. The molecule has 2 heterocycles. The highest BCUT2D eigenvalue weighted by Gasteiger charge is 2.24. The lowest BCUT2D eigenvalue weighted by atomic mass is 10.1. The zero-order chi connectivity index (χ0) is 15.0. The van der Waals surface area contributed by atoms with Crippen LogP contribution in [0.25, 0.3) is 6.08 Å². The number of carbonyl (C=O) groups is 1. The molecule has 0 N–H and O–H groups in total. The maximum Gasteiger partial charge on any atom is 0.363 e. The molecule has 2 aromatic rings. The largest absolute Gasteiger partial charge is 0.450 e. The Labute approximate surface area is 143 Å². The summed E-state index contributed by atoms with van der Waals surface area (Å²) in [5, 5.41) is 0. The van der Waals surface area contributed by atoms with Crippen LogP contribution in [0, 0.1) is 10.5 Å². The second-order valence-electron chi connectivity index (χ2n) is 4.44. The van der Waals surface area contributed by atoms with Crippen molar-refractivity contribution in [1.29, 1.82) is 0 Å². The van der Waals surface area contributed by atoms with Crippen LogP contribution in [0.5, 0.6) is 0 Å². The van der Waals surface area contributed by atoms with E-state index in [0.717, 1.165) is 14.7 Å². The molecule has 106 valence electrons. The van der Waals surface area contributed by atoms with Gasteiger partial charge < -0.3 is 9.15 Å². The highest BCUT2D eigenvalue weighted by molar-refractivity contribution is 14.1. The number of hydrogen-bond acceptors (Lipinski definition) is 4. The fraction of sp³-hybridized carbons (Fsp3) is 0.0667. The van der Waals surface area contributed by atoms with Gasteiger partial charge in [0.25, 0.3) is 0 Å². The summed E-state index contributed by atoms with van der Waals surface area (Å²) in [5.74, 6) is 0.378. The first-order valence-corrected chi connectivity index (χ1v) is 7.94. The van der Waals surface area contributed by atoms with Gasteiger partial charge in [0.15, 0.2) is 10.4 Å². The zero-order valence-corrected chi connectivity index (χ0v) is 14.6. The Kier molecular flexibility index (Phi) is 3.99. The number of benzene rings is 1. The summed E-state index contributed by atoms with van der Waals surface area (Å²) in [7, 11) is 0. The average molecular weight is 458 g/mol. The molecule has 6 heteroatoms. The Morgan fingerprint density at radius 3 is 2.76 bits per heavy atom. The van der Waals surface area contributed by atoms with E-state index >= 15 is 0 Å². The number of esters is 1. The molecule has 0 saturated heterocycles. The Morgan fingerprint density at radius 2 is 2.10 bits per heavy atom. The van der Waals surface area contributed by atoms with Crippen LogP contribution >= 0.6 is 38.5 Å². The highest BCUT2D eigenvalue weighted by Crippen LogP contribution is 2.23. The van der Waals surface area contributed by atoms with Crippen molar-refractivity contribution in [1.82, 2.24) is 0 Å². The van der Waals surface area contributed by atoms with Gasteiger partial charge in [-0.05, 0) is 81.3 Å². The van der Waals surface area contributed by atoms with Gasteiger partial charge in [-0.1, -0.05) is 0 Å². The standard InChI is InChI=1S/C15H9BrINO3/c1-8-6-9(2-4-11(8)17)14-18-12(15(19)21-14)7-10-3-5-13(16)20-10/h2-7H,1H3/b12-7-. The summed E-state index contributed by atoms with van der Waals surface area (Å²) in [6.45, 7) is 2.00. The van der Waals surface area contributed by atoms with Crippen LogP contribution in [0.15, 0.2) is 50.1 Å². The third-order valence-electron chi connectivity index (χ3n) is 2.90.